The number of carbonyl (C=O) groups is 2. The first-order valence-corrected chi connectivity index (χ1v) is 17.0. The highest BCUT2D eigenvalue weighted by Crippen LogP contribution is 2.38. The highest BCUT2D eigenvalue weighted by atomic mass is 16.5. The number of ether oxygens (including phenoxy) is 1. The molecule has 2 aliphatic heterocycles. The van der Waals surface area contributed by atoms with Crippen LogP contribution in [-0.2, 0) is 36.0 Å². The number of fused-ring (bicyclic) bond motifs is 1. The normalized spacial score (nSPS) is 17.4. The molecule has 0 unspecified atom stereocenters. The van der Waals surface area contributed by atoms with Crippen LogP contribution in [0.1, 0.15) is 41.2 Å². The molecule has 4 aromatic rings. The number of nitrogens with one attached hydrogen (secondary N) is 1. The summed E-state index contributed by atoms with van der Waals surface area (Å²) in [6.45, 7) is 13.1. The zero-order valence-electron chi connectivity index (χ0n) is 28.7. The zero-order valence-corrected chi connectivity index (χ0v) is 28.7. The van der Waals surface area contributed by atoms with Gasteiger partial charge in [-0.05, 0) is 66.6 Å². The highest BCUT2D eigenvalue weighted by Gasteiger charge is 2.32. The largest absolute Gasteiger partial charge is 0.378 e. The first kappa shape index (κ1) is 32.7. The number of aromatic nitrogens is 4. The number of rotatable bonds is 11. The molecule has 2 saturated heterocycles. The van der Waals surface area contributed by atoms with Gasteiger partial charge >= 0.3 is 0 Å². The Bertz CT molecular complexity index is 1920. The monoisotopic (exact) mass is 664 g/mol. The summed E-state index contributed by atoms with van der Waals surface area (Å²) in [6.07, 6.45) is 8.60. The van der Waals surface area contributed by atoms with Gasteiger partial charge in [-0.25, -0.2) is 9.97 Å². The number of aldehydes is 1. The van der Waals surface area contributed by atoms with Crippen molar-refractivity contribution in [1.29, 1.82) is 0 Å². The van der Waals surface area contributed by atoms with E-state index >= 15 is 0 Å². The molecule has 0 saturated carbocycles. The molecule has 256 valence electrons. The topological polar surface area (TPSA) is 118 Å². The summed E-state index contributed by atoms with van der Waals surface area (Å²) in [5.74, 6) is 0.823. The lowest BCUT2D eigenvalue weighted by Crippen LogP contribution is -2.56. The molecule has 0 spiro atoms. The minimum Gasteiger partial charge on any atom is -0.378 e. The number of anilines is 4. The molecule has 0 radical (unpaired) electrons. The molecule has 1 N–H and O–H groups in total. The maximum Gasteiger partial charge on any atom is 0.274 e. The lowest BCUT2D eigenvalue weighted by molar-refractivity contribution is -0.107. The maximum absolute atomic E-state index is 13.2. The van der Waals surface area contributed by atoms with E-state index in [1.165, 1.54) is 20.7 Å². The fourth-order valence-electron chi connectivity index (χ4n) is 7.49. The maximum atomic E-state index is 13.2. The SMILES string of the molecule is Cc1cc2c(n1CCN(C=O)c1nccc(-c3cc(Nc4ccc(N5CCN(C6COC6)CC5)cn4)c(=O)n(C)c3)c1C=O)CC(C)(C)C2. The van der Waals surface area contributed by atoms with Gasteiger partial charge in [0.1, 0.15) is 17.3 Å². The van der Waals surface area contributed by atoms with Crippen LogP contribution in [0.15, 0.2) is 53.7 Å². The van der Waals surface area contributed by atoms with Crippen LogP contribution in [0.4, 0.5) is 23.0 Å². The molecular formula is C37H44N8O4. The Balaban J connectivity index is 1.09. The Morgan fingerprint density at radius 2 is 1.86 bits per heavy atom. The third-order valence-corrected chi connectivity index (χ3v) is 10.2. The average molecular weight is 665 g/mol. The Morgan fingerprint density at radius 1 is 1.06 bits per heavy atom. The number of nitrogens with zero attached hydrogens (tertiary/aromatic N) is 7. The van der Waals surface area contributed by atoms with Crippen molar-refractivity contribution in [2.45, 2.75) is 46.2 Å². The third-order valence-electron chi connectivity index (χ3n) is 10.2. The standard InChI is InChI=1S/C37H44N8O4/c1-25-15-26-17-37(2,3)18-33(26)45(25)14-13-44(24-47)35-31(21-46)30(7-8-38-35)27-16-32(36(48)41(4)20-27)40-34-6-5-28(19-39-34)42-9-11-43(12-10-42)29-22-49-23-29/h5-8,15-16,19-21,24,29H,9-14,17-18,22-23H2,1-4H3,(H,39,40). The van der Waals surface area contributed by atoms with Crippen LogP contribution in [0.3, 0.4) is 0 Å². The minimum atomic E-state index is -0.236. The van der Waals surface area contributed by atoms with Crippen molar-refractivity contribution in [3.63, 3.8) is 0 Å². The average Bonchev–Trinajstić information content (AvgIpc) is 3.52. The molecule has 0 aromatic carbocycles. The zero-order chi connectivity index (χ0) is 34.3. The van der Waals surface area contributed by atoms with Gasteiger partial charge in [-0.3, -0.25) is 24.2 Å². The first-order chi connectivity index (χ1) is 23.6. The number of piperazine rings is 1. The van der Waals surface area contributed by atoms with Gasteiger partial charge in [-0.2, -0.15) is 0 Å². The van der Waals surface area contributed by atoms with Crippen molar-refractivity contribution in [1.82, 2.24) is 24.0 Å². The van der Waals surface area contributed by atoms with E-state index in [1.54, 1.807) is 31.6 Å². The van der Waals surface area contributed by atoms with Crippen molar-refractivity contribution in [2.24, 2.45) is 12.5 Å². The Labute approximate surface area is 286 Å². The van der Waals surface area contributed by atoms with Crippen LogP contribution in [0.2, 0.25) is 0 Å². The van der Waals surface area contributed by atoms with Gasteiger partial charge < -0.3 is 24.1 Å². The van der Waals surface area contributed by atoms with Crippen LogP contribution in [0, 0.1) is 12.3 Å². The van der Waals surface area contributed by atoms with Gasteiger partial charge in [-0.1, -0.05) is 13.8 Å². The van der Waals surface area contributed by atoms with Crippen LogP contribution in [0.25, 0.3) is 11.1 Å². The van der Waals surface area contributed by atoms with Crippen molar-refractivity contribution in [3.05, 3.63) is 81.8 Å². The number of aryl methyl sites for hydroxylation is 2. The summed E-state index contributed by atoms with van der Waals surface area (Å²) in [6, 6.07) is 10.1. The number of hydrogen-bond acceptors (Lipinski definition) is 9. The lowest BCUT2D eigenvalue weighted by Gasteiger charge is -2.43. The van der Waals surface area contributed by atoms with Crippen LogP contribution < -0.4 is 20.7 Å². The van der Waals surface area contributed by atoms with Gasteiger partial charge in [0.05, 0.1) is 36.7 Å². The third kappa shape index (κ3) is 6.50. The van der Waals surface area contributed by atoms with E-state index in [1.807, 2.05) is 18.3 Å². The second-order valence-electron chi connectivity index (χ2n) is 14.2. The summed E-state index contributed by atoms with van der Waals surface area (Å²) in [5, 5.41) is 3.19. The van der Waals surface area contributed by atoms with Gasteiger partial charge in [-0.15, -0.1) is 0 Å². The van der Waals surface area contributed by atoms with Gasteiger partial charge in [0.25, 0.3) is 5.56 Å². The second-order valence-corrected chi connectivity index (χ2v) is 14.2. The molecule has 12 nitrogen and oxygen atoms in total. The number of carbonyl (C=O) groups excluding carboxylic acids is 2. The number of pyridine rings is 3. The van der Waals surface area contributed by atoms with Crippen molar-refractivity contribution >= 4 is 35.7 Å². The Hall–Kier alpha value is -4.81. The number of amides is 1. The molecule has 49 heavy (non-hydrogen) atoms. The van der Waals surface area contributed by atoms with E-state index in [0.29, 0.717) is 41.8 Å². The second kappa shape index (κ2) is 13.2. The predicted molar refractivity (Wildman–Crippen MR) is 190 cm³/mol. The van der Waals surface area contributed by atoms with Gasteiger partial charge in [0.2, 0.25) is 6.41 Å². The fraction of sp³-hybridized carbons (Fsp3) is 0.432. The summed E-state index contributed by atoms with van der Waals surface area (Å²) < 4.78 is 9.10. The van der Waals surface area contributed by atoms with Gasteiger partial charge in [0.15, 0.2) is 6.29 Å². The minimum absolute atomic E-state index is 0.218. The highest BCUT2D eigenvalue weighted by molar-refractivity contribution is 5.96. The molecule has 1 aliphatic carbocycles. The molecule has 3 aliphatic rings. The molecule has 12 heteroatoms. The summed E-state index contributed by atoms with van der Waals surface area (Å²) in [5.41, 5.74) is 6.67. The van der Waals surface area contributed by atoms with Crippen LogP contribution in [-0.4, -0.2) is 88.7 Å². The number of hydrogen-bond donors (Lipinski definition) is 1. The summed E-state index contributed by atoms with van der Waals surface area (Å²) in [4.78, 5) is 53.7. The van der Waals surface area contributed by atoms with E-state index in [0.717, 1.165) is 76.3 Å². The van der Waals surface area contributed by atoms with Crippen molar-refractivity contribution in [2.75, 3.05) is 61.1 Å². The van der Waals surface area contributed by atoms with Crippen LogP contribution in [0.5, 0.6) is 0 Å². The molecule has 0 atom stereocenters. The predicted octanol–water partition coefficient (Wildman–Crippen LogP) is 3.82. The van der Waals surface area contributed by atoms with Crippen molar-refractivity contribution < 1.29 is 14.3 Å². The van der Waals surface area contributed by atoms with Crippen LogP contribution >= 0.6 is 0 Å². The lowest BCUT2D eigenvalue weighted by atomic mass is 9.90. The van der Waals surface area contributed by atoms with E-state index in [4.69, 9.17) is 4.74 Å². The Morgan fingerprint density at radius 3 is 2.53 bits per heavy atom. The molecular weight excluding hydrogens is 620 g/mol. The fourth-order valence-corrected chi connectivity index (χ4v) is 7.49. The van der Waals surface area contributed by atoms with E-state index in [9.17, 15) is 14.4 Å². The van der Waals surface area contributed by atoms with E-state index < -0.39 is 0 Å². The smallest absolute Gasteiger partial charge is 0.274 e. The molecule has 7 rings (SSSR count). The molecule has 1 amide bonds. The molecule has 2 fully saturated rings. The first-order valence-electron chi connectivity index (χ1n) is 17.0. The van der Waals surface area contributed by atoms with Gasteiger partial charge in [0, 0.05) is 75.7 Å². The van der Waals surface area contributed by atoms with Crippen molar-refractivity contribution in [3.8, 4) is 11.1 Å². The van der Waals surface area contributed by atoms with E-state index in [-0.39, 0.29) is 22.4 Å². The summed E-state index contributed by atoms with van der Waals surface area (Å²) in [7, 11) is 1.67. The Kier molecular flexibility index (Phi) is 8.84. The summed E-state index contributed by atoms with van der Waals surface area (Å²) >= 11 is 0. The molecule has 6 heterocycles. The van der Waals surface area contributed by atoms with E-state index in [2.05, 4.69) is 56.5 Å². The quantitative estimate of drug-likeness (QED) is 0.239. The molecule has 4 aromatic heterocycles. The molecule has 0 bridgehead atoms.